The summed E-state index contributed by atoms with van der Waals surface area (Å²) < 4.78 is 26.7. The van der Waals surface area contributed by atoms with Gasteiger partial charge in [0.25, 0.3) is 0 Å². The fraction of sp³-hybridized carbons (Fsp3) is 0.500. The van der Waals surface area contributed by atoms with Crippen LogP contribution in [-0.4, -0.2) is 50.0 Å². The minimum Gasteiger partial charge on any atom is -0.352 e. The first-order chi connectivity index (χ1) is 17.5. The first kappa shape index (κ1) is 29.0. The normalized spacial score (nSPS) is 15.2. The van der Waals surface area contributed by atoms with Gasteiger partial charge in [0.15, 0.2) is 0 Å². The predicted molar refractivity (Wildman–Crippen MR) is 149 cm³/mol. The van der Waals surface area contributed by atoms with Crippen molar-refractivity contribution in [1.82, 2.24) is 10.2 Å². The van der Waals surface area contributed by atoms with Crippen LogP contribution in [0.15, 0.2) is 42.5 Å². The number of anilines is 1. The van der Waals surface area contributed by atoms with E-state index in [-0.39, 0.29) is 18.5 Å². The lowest BCUT2D eigenvalue weighted by Crippen LogP contribution is -2.54. The van der Waals surface area contributed by atoms with E-state index in [9.17, 15) is 18.0 Å². The van der Waals surface area contributed by atoms with E-state index >= 15 is 0 Å². The lowest BCUT2D eigenvalue weighted by atomic mass is 9.95. The van der Waals surface area contributed by atoms with Gasteiger partial charge in [0.05, 0.1) is 11.9 Å². The number of halogens is 1. The summed E-state index contributed by atoms with van der Waals surface area (Å²) in [6.45, 7) is 5.38. The molecule has 37 heavy (non-hydrogen) atoms. The van der Waals surface area contributed by atoms with Gasteiger partial charge in [-0.25, -0.2) is 8.42 Å². The molecule has 1 unspecified atom stereocenters. The summed E-state index contributed by atoms with van der Waals surface area (Å²) in [5, 5.41) is 3.52. The summed E-state index contributed by atoms with van der Waals surface area (Å²) in [4.78, 5) is 28.8. The van der Waals surface area contributed by atoms with E-state index in [1.54, 1.807) is 25.1 Å². The van der Waals surface area contributed by atoms with Crippen molar-refractivity contribution in [2.45, 2.75) is 77.9 Å². The molecule has 0 aliphatic heterocycles. The van der Waals surface area contributed by atoms with Crippen LogP contribution in [0.1, 0.15) is 62.1 Å². The van der Waals surface area contributed by atoms with Gasteiger partial charge in [-0.2, -0.15) is 0 Å². The van der Waals surface area contributed by atoms with E-state index in [1.807, 2.05) is 38.1 Å². The molecule has 0 spiro atoms. The molecule has 1 atom stereocenters. The molecule has 7 nitrogen and oxygen atoms in total. The third-order valence-corrected chi connectivity index (χ3v) is 8.25. The van der Waals surface area contributed by atoms with E-state index in [4.69, 9.17) is 11.6 Å². The monoisotopic (exact) mass is 547 g/mol. The van der Waals surface area contributed by atoms with Crippen molar-refractivity contribution in [3.8, 4) is 0 Å². The lowest BCUT2D eigenvalue weighted by Gasteiger charge is -2.34. The van der Waals surface area contributed by atoms with Crippen LogP contribution in [0.4, 0.5) is 5.69 Å². The molecule has 2 amide bonds. The number of carbonyl (C=O) groups is 2. The summed E-state index contributed by atoms with van der Waals surface area (Å²) in [6.07, 6.45) is 6.68. The summed E-state index contributed by atoms with van der Waals surface area (Å²) in [7, 11) is -3.81. The number of hydrogen-bond donors (Lipinski definition) is 1. The van der Waals surface area contributed by atoms with Crippen LogP contribution >= 0.6 is 11.6 Å². The molecule has 2 aromatic rings. The van der Waals surface area contributed by atoms with Crippen molar-refractivity contribution in [3.63, 3.8) is 0 Å². The molecule has 202 valence electrons. The quantitative estimate of drug-likeness (QED) is 0.454. The molecule has 1 N–H and O–H groups in total. The fourth-order valence-corrected chi connectivity index (χ4v) is 5.98. The number of nitrogens with one attached hydrogen (secondary N) is 1. The van der Waals surface area contributed by atoms with Gasteiger partial charge in [-0.05, 0) is 56.4 Å². The zero-order chi connectivity index (χ0) is 27.2. The molecule has 0 radical (unpaired) electrons. The van der Waals surface area contributed by atoms with Crippen LogP contribution in [0, 0.1) is 13.8 Å². The van der Waals surface area contributed by atoms with Crippen molar-refractivity contribution >= 4 is 39.1 Å². The average Bonchev–Trinajstić information content (AvgIpc) is 2.84. The second-order valence-electron chi connectivity index (χ2n) is 9.98. The number of sulfonamides is 1. The second-order valence-corrected chi connectivity index (χ2v) is 12.3. The molecule has 1 fully saturated rings. The van der Waals surface area contributed by atoms with E-state index in [0.29, 0.717) is 22.7 Å². The molecule has 3 rings (SSSR count). The van der Waals surface area contributed by atoms with Crippen molar-refractivity contribution in [1.29, 1.82) is 0 Å². The molecule has 1 saturated carbocycles. The maximum Gasteiger partial charge on any atom is 0.244 e. The zero-order valence-electron chi connectivity index (χ0n) is 22.2. The number of aryl methyl sites for hydroxylation is 2. The van der Waals surface area contributed by atoms with Gasteiger partial charge in [0.1, 0.15) is 12.6 Å². The SMILES string of the molecule is CCC(C(=O)NC1CCCCC1)N(Cc1cccc(C)c1)C(=O)CN(c1cc(Cl)ccc1C)S(C)(=O)=O. The molecule has 0 saturated heterocycles. The summed E-state index contributed by atoms with van der Waals surface area (Å²) >= 11 is 6.17. The van der Waals surface area contributed by atoms with Crippen LogP contribution in [0.25, 0.3) is 0 Å². The Hall–Kier alpha value is -2.58. The number of rotatable bonds is 10. The molecular weight excluding hydrogens is 510 g/mol. The standard InChI is InChI=1S/C28H38ClN3O4S/c1-5-25(28(34)30-24-12-7-6-8-13-24)31(18-22-11-9-10-20(2)16-22)27(33)19-32(37(4,35)36)26-17-23(29)15-14-21(26)3/h9-11,14-17,24-25H,5-8,12-13,18-19H2,1-4H3,(H,30,34). The Bertz CT molecular complexity index is 1210. The predicted octanol–water partition coefficient (Wildman–Crippen LogP) is 4.98. The van der Waals surface area contributed by atoms with Gasteiger partial charge >= 0.3 is 0 Å². The van der Waals surface area contributed by atoms with Crippen molar-refractivity contribution in [2.75, 3.05) is 17.1 Å². The Morgan fingerprint density at radius 2 is 1.78 bits per heavy atom. The highest BCUT2D eigenvalue weighted by atomic mass is 35.5. The Labute approximate surface area is 226 Å². The Kier molecular flexibility index (Phi) is 10.0. The number of benzene rings is 2. The summed E-state index contributed by atoms with van der Waals surface area (Å²) in [6, 6.07) is 12.1. The van der Waals surface area contributed by atoms with Gasteiger partial charge in [0, 0.05) is 17.6 Å². The molecule has 9 heteroatoms. The first-order valence-corrected chi connectivity index (χ1v) is 15.1. The van der Waals surface area contributed by atoms with Crippen LogP contribution < -0.4 is 9.62 Å². The van der Waals surface area contributed by atoms with Crippen molar-refractivity contribution in [3.05, 3.63) is 64.2 Å². The molecular formula is C28H38ClN3O4S. The summed E-state index contributed by atoms with van der Waals surface area (Å²) in [5.74, 6) is -0.641. The van der Waals surface area contributed by atoms with Gasteiger partial charge in [0.2, 0.25) is 21.8 Å². The Balaban J connectivity index is 1.94. The molecule has 0 heterocycles. The minimum absolute atomic E-state index is 0.104. The van der Waals surface area contributed by atoms with Gasteiger partial charge in [-0.3, -0.25) is 13.9 Å². The lowest BCUT2D eigenvalue weighted by molar-refractivity contribution is -0.140. The maximum atomic E-state index is 13.9. The van der Waals surface area contributed by atoms with Crippen LogP contribution in [0.5, 0.6) is 0 Å². The summed E-state index contributed by atoms with van der Waals surface area (Å²) in [5.41, 5.74) is 2.94. The fourth-order valence-electron chi connectivity index (χ4n) is 4.92. The molecule has 2 aromatic carbocycles. The average molecular weight is 548 g/mol. The number of amides is 2. The number of hydrogen-bond acceptors (Lipinski definition) is 4. The highest BCUT2D eigenvalue weighted by Crippen LogP contribution is 2.27. The first-order valence-electron chi connectivity index (χ1n) is 12.9. The van der Waals surface area contributed by atoms with Crippen LogP contribution in [0.3, 0.4) is 0 Å². The minimum atomic E-state index is -3.81. The zero-order valence-corrected chi connectivity index (χ0v) is 23.7. The van der Waals surface area contributed by atoms with Crippen molar-refractivity contribution < 1.29 is 18.0 Å². The second kappa shape index (κ2) is 12.8. The molecule has 0 bridgehead atoms. The molecule has 1 aliphatic carbocycles. The largest absolute Gasteiger partial charge is 0.352 e. The Morgan fingerprint density at radius 1 is 1.08 bits per heavy atom. The molecule has 1 aliphatic rings. The third-order valence-electron chi connectivity index (χ3n) is 6.89. The van der Waals surface area contributed by atoms with Gasteiger partial charge < -0.3 is 10.2 Å². The number of nitrogens with zero attached hydrogens (tertiary/aromatic N) is 2. The van der Waals surface area contributed by atoms with E-state index < -0.39 is 28.5 Å². The smallest absolute Gasteiger partial charge is 0.244 e. The van der Waals surface area contributed by atoms with Crippen LogP contribution in [0.2, 0.25) is 5.02 Å². The Morgan fingerprint density at radius 3 is 2.41 bits per heavy atom. The van der Waals surface area contributed by atoms with E-state index in [2.05, 4.69) is 5.32 Å². The molecule has 0 aromatic heterocycles. The third kappa shape index (κ3) is 7.95. The van der Waals surface area contributed by atoms with Crippen molar-refractivity contribution in [2.24, 2.45) is 0 Å². The van der Waals surface area contributed by atoms with E-state index in [1.165, 1.54) is 11.3 Å². The maximum absolute atomic E-state index is 13.9. The van der Waals surface area contributed by atoms with Gasteiger partial charge in [-0.1, -0.05) is 73.7 Å². The number of carbonyl (C=O) groups excluding carboxylic acids is 2. The highest BCUT2D eigenvalue weighted by Gasteiger charge is 2.33. The van der Waals surface area contributed by atoms with Gasteiger partial charge in [-0.15, -0.1) is 0 Å². The van der Waals surface area contributed by atoms with E-state index in [0.717, 1.165) is 47.4 Å². The highest BCUT2D eigenvalue weighted by molar-refractivity contribution is 7.92. The topological polar surface area (TPSA) is 86.8 Å². The van der Waals surface area contributed by atoms with Crippen LogP contribution in [-0.2, 0) is 26.2 Å².